The standard InChI is InChI=1S/C31H22Cl2N6/c1-19-27-28(20-8-7-9-22(33)18-20)38-26-13-6-5-12-25(26)35-29(34-23-16-14-21(32)15-17-23)31(38)36-30(27)39(37-19)24-10-3-2-4-11-24/h2-18,28H,1H3,(H,34,35)/t28-/m0/s1. The average molecular weight is 549 g/mol. The number of benzene rings is 4. The van der Waals surface area contributed by atoms with Crippen LogP contribution in [0.3, 0.4) is 0 Å². The zero-order chi connectivity index (χ0) is 26.5. The van der Waals surface area contributed by atoms with Crippen molar-refractivity contribution in [2.75, 3.05) is 10.2 Å². The highest BCUT2D eigenvalue weighted by Crippen LogP contribution is 2.48. The van der Waals surface area contributed by atoms with Crippen LogP contribution in [0.15, 0.2) is 113 Å². The maximum absolute atomic E-state index is 6.54. The van der Waals surface area contributed by atoms with Crippen LogP contribution in [0.1, 0.15) is 22.9 Å². The van der Waals surface area contributed by atoms with Crippen molar-refractivity contribution in [2.45, 2.75) is 13.0 Å². The molecule has 0 unspecified atom stereocenters. The van der Waals surface area contributed by atoms with E-state index < -0.39 is 0 Å². The minimum atomic E-state index is -0.234. The number of anilines is 2. The largest absolute Gasteiger partial charge is 0.337 e. The highest BCUT2D eigenvalue weighted by molar-refractivity contribution is 6.51. The van der Waals surface area contributed by atoms with Crippen LogP contribution >= 0.6 is 23.2 Å². The van der Waals surface area contributed by atoms with E-state index in [1.807, 2.05) is 103 Å². The summed E-state index contributed by atoms with van der Waals surface area (Å²) in [5.74, 6) is 2.09. The second-order valence-corrected chi connectivity index (χ2v) is 10.3. The molecular formula is C31H22Cl2N6. The highest BCUT2D eigenvalue weighted by atomic mass is 35.5. The van der Waals surface area contributed by atoms with E-state index in [1.165, 1.54) is 0 Å². The number of fused-ring (bicyclic) bond motifs is 4. The quantitative estimate of drug-likeness (QED) is 0.246. The predicted molar refractivity (Wildman–Crippen MR) is 160 cm³/mol. The maximum Gasteiger partial charge on any atom is 0.179 e. The van der Waals surface area contributed by atoms with Gasteiger partial charge in [-0.15, -0.1) is 0 Å². The number of amidine groups is 2. The molecule has 0 fully saturated rings. The van der Waals surface area contributed by atoms with Crippen LogP contribution in [0.4, 0.5) is 22.9 Å². The molecule has 39 heavy (non-hydrogen) atoms. The summed E-state index contributed by atoms with van der Waals surface area (Å²) >= 11 is 12.7. The van der Waals surface area contributed by atoms with Crippen molar-refractivity contribution in [3.63, 3.8) is 0 Å². The first-order valence-corrected chi connectivity index (χ1v) is 13.3. The average Bonchev–Trinajstić information content (AvgIpc) is 3.29. The fraction of sp³-hybridized carbons (Fsp3) is 0.0645. The summed E-state index contributed by atoms with van der Waals surface area (Å²) in [7, 11) is 0. The van der Waals surface area contributed by atoms with E-state index in [0.717, 1.165) is 45.4 Å². The number of hydrogen-bond donors (Lipinski definition) is 1. The number of halogens is 2. The van der Waals surface area contributed by atoms with Gasteiger partial charge < -0.3 is 10.2 Å². The van der Waals surface area contributed by atoms with Gasteiger partial charge in [0.1, 0.15) is 0 Å². The molecule has 3 heterocycles. The molecule has 2 aliphatic heterocycles. The van der Waals surface area contributed by atoms with Gasteiger partial charge in [0.05, 0.1) is 28.8 Å². The van der Waals surface area contributed by atoms with E-state index in [2.05, 4.69) is 22.3 Å². The molecule has 6 nitrogen and oxygen atoms in total. The van der Waals surface area contributed by atoms with E-state index in [1.54, 1.807) is 0 Å². The lowest BCUT2D eigenvalue weighted by Crippen LogP contribution is -2.46. The number of rotatable bonds is 3. The minimum absolute atomic E-state index is 0.234. The molecule has 0 radical (unpaired) electrons. The molecule has 2 aliphatic rings. The van der Waals surface area contributed by atoms with Gasteiger partial charge in [-0.05, 0) is 73.2 Å². The Kier molecular flexibility index (Phi) is 5.72. The molecule has 1 N–H and O–H groups in total. The first-order valence-electron chi connectivity index (χ1n) is 12.6. The number of aryl methyl sites for hydroxylation is 1. The third kappa shape index (κ3) is 4.09. The van der Waals surface area contributed by atoms with Crippen LogP contribution in [0.25, 0.3) is 5.69 Å². The van der Waals surface area contributed by atoms with Crippen molar-refractivity contribution in [3.05, 3.63) is 130 Å². The Bertz CT molecular complexity index is 1770. The Labute approximate surface area is 235 Å². The molecular weight excluding hydrogens is 527 g/mol. The summed E-state index contributed by atoms with van der Waals surface area (Å²) in [5.41, 5.74) is 6.55. The third-order valence-corrected chi connectivity index (χ3v) is 7.40. The summed E-state index contributed by atoms with van der Waals surface area (Å²) in [5, 5.41) is 9.80. The number of nitrogens with zero attached hydrogens (tertiary/aromatic N) is 5. The molecule has 1 aromatic heterocycles. The minimum Gasteiger partial charge on any atom is -0.337 e. The molecule has 190 valence electrons. The van der Waals surface area contributed by atoms with Gasteiger partial charge >= 0.3 is 0 Å². The number of nitrogens with one attached hydrogen (secondary N) is 1. The molecule has 0 saturated carbocycles. The predicted octanol–water partition coefficient (Wildman–Crippen LogP) is 8.28. The molecule has 0 saturated heterocycles. The zero-order valence-electron chi connectivity index (χ0n) is 20.9. The molecule has 4 aromatic carbocycles. The molecule has 0 amide bonds. The Morgan fingerprint density at radius 3 is 2.33 bits per heavy atom. The summed E-state index contributed by atoms with van der Waals surface area (Å²) in [6.07, 6.45) is 0. The van der Waals surface area contributed by atoms with Crippen LogP contribution in [0.2, 0.25) is 10.0 Å². The number of aromatic nitrogens is 2. The van der Waals surface area contributed by atoms with Crippen LogP contribution in [0.5, 0.6) is 0 Å². The number of para-hydroxylation sites is 3. The van der Waals surface area contributed by atoms with Crippen molar-refractivity contribution < 1.29 is 0 Å². The summed E-state index contributed by atoms with van der Waals surface area (Å²) in [6.45, 7) is 2.03. The fourth-order valence-electron chi connectivity index (χ4n) is 5.21. The van der Waals surface area contributed by atoms with E-state index in [4.69, 9.17) is 38.3 Å². The molecule has 1 atom stereocenters. The summed E-state index contributed by atoms with van der Waals surface area (Å²) < 4.78 is 1.91. The maximum atomic E-state index is 6.54. The van der Waals surface area contributed by atoms with E-state index in [-0.39, 0.29) is 6.04 Å². The van der Waals surface area contributed by atoms with Crippen LogP contribution in [0, 0.1) is 6.92 Å². The lowest BCUT2D eigenvalue weighted by Gasteiger charge is -2.40. The van der Waals surface area contributed by atoms with Gasteiger partial charge in [-0.3, -0.25) is 0 Å². The van der Waals surface area contributed by atoms with Gasteiger partial charge in [0.2, 0.25) is 0 Å². The third-order valence-electron chi connectivity index (χ3n) is 6.91. The molecule has 7 rings (SSSR count). The van der Waals surface area contributed by atoms with Crippen molar-refractivity contribution >= 4 is 57.8 Å². The summed E-state index contributed by atoms with van der Waals surface area (Å²) in [6, 6.07) is 33.5. The van der Waals surface area contributed by atoms with Gasteiger partial charge in [0, 0.05) is 21.3 Å². The van der Waals surface area contributed by atoms with Gasteiger partial charge in [0.25, 0.3) is 0 Å². The highest BCUT2D eigenvalue weighted by Gasteiger charge is 2.41. The van der Waals surface area contributed by atoms with Crippen LogP contribution in [-0.2, 0) is 0 Å². The Balaban J connectivity index is 1.50. The van der Waals surface area contributed by atoms with Crippen LogP contribution < -0.4 is 10.2 Å². The second-order valence-electron chi connectivity index (χ2n) is 9.41. The lowest BCUT2D eigenvalue weighted by atomic mass is 9.93. The summed E-state index contributed by atoms with van der Waals surface area (Å²) in [4.78, 5) is 12.5. The first-order chi connectivity index (χ1) is 19.1. The Hall–Kier alpha value is -4.39. The molecule has 8 heteroatoms. The van der Waals surface area contributed by atoms with Crippen molar-refractivity contribution in [3.8, 4) is 5.69 Å². The molecule has 0 spiro atoms. The molecule has 0 aliphatic carbocycles. The smallest absolute Gasteiger partial charge is 0.179 e. The van der Waals surface area contributed by atoms with Crippen molar-refractivity contribution in [2.24, 2.45) is 9.98 Å². The monoisotopic (exact) mass is 548 g/mol. The van der Waals surface area contributed by atoms with Gasteiger partial charge in [-0.1, -0.05) is 65.7 Å². The van der Waals surface area contributed by atoms with E-state index in [9.17, 15) is 0 Å². The number of hydrogen-bond acceptors (Lipinski definition) is 5. The van der Waals surface area contributed by atoms with Crippen molar-refractivity contribution in [1.82, 2.24) is 9.78 Å². The topological polar surface area (TPSA) is 57.8 Å². The van der Waals surface area contributed by atoms with Gasteiger partial charge in [-0.2, -0.15) is 5.10 Å². The normalized spacial score (nSPS) is 15.6. The SMILES string of the molecule is Cc1nn(-c2ccccc2)c2c1[C@H](c1cccc(Cl)c1)N1C(=N2)C(Nc2ccc(Cl)cc2)=Nc2ccccc21. The van der Waals surface area contributed by atoms with Gasteiger partial charge in [0.15, 0.2) is 17.5 Å². The van der Waals surface area contributed by atoms with E-state index in [0.29, 0.717) is 21.7 Å². The Morgan fingerprint density at radius 2 is 1.54 bits per heavy atom. The van der Waals surface area contributed by atoms with E-state index >= 15 is 0 Å². The fourth-order valence-corrected chi connectivity index (χ4v) is 5.53. The first kappa shape index (κ1) is 23.7. The van der Waals surface area contributed by atoms with Crippen LogP contribution in [-0.4, -0.2) is 21.5 Å². The zero-order valence-corrected chi connectivity index (χ0v) is 22.4. The lowest BCUT2D eigenvalue weighted by molar-refractivity contribution is 0.815. The van der Waals surface area contributed by atoms with Crippen molar-refractivity contribution in [1.29, 1.82) is 0 Å². The molecule has 0 bridgehead atoms. The second kappa shape index (κ2) is 9.42. The molecule has 5 aromatic rings. The van der Waals surface area contributed by atoms with Gasteiger partial charge in [-0.25, -0.2) is 14.7 Å². The Morgan fingerprint density at radius 1 is 0.769 bits per heavy atom. The number of aliphatic imine (C=N–C) groups is 2.